The maximum atomic E-state index is 11.3. The number of carbonyl (C=O) groups is 2. The Morgan fingerprint density at radius 3 is 2.87 bits per heavy atom. The first-order valence-electron chi connectivity index (χ1n) is 4.77. The van der Waals surface area contributed by atoms with E-state index in [1.807, 2.05) is 0 Å². The fraction of sp³-hybridized carbons (Fsp3) is 0.400. The van der Waals surface area contributed by atoms with Gasteiger partial charge in [0.1, 0.15) is 5.82 Å². The second-order valence-electron chi connectivity index (χ2n) is 3.50. The van der Waals surface area contributed by atoms with E-state index in [0.29, 0.717) is 25.3 Å². The molecule has 1 amide bonds. The zero-order chi connectivity index (χ0) is 10.8. The molecule has 1 fully saturated rings. The van der Waals surface area contributed by atoms with Crippen molar-refractivity contribution < 1.29 is 9.59 Å². The summed E-state index contributed by atoms with van der Waals surface area (Å²) in [6, 6.07) is 1.75. The molecule has 1 saturated heterocycles. The maximum Gasteiger partial charge on any atom is 0.290 e. The third-order valence-electron chi connectivity index (χ3n) is 2.32. The summed E-state index contributed by atoms with van der Waals surface area (Å²) in [5, 5.41) is 0. The quantitative estimate of drug-likeness (QED) is 0.642. The Labute approximate surface area is 87.1 Å². The van der Waals surface area contributed by atoms with Crippen molar-refractivity contribution in [3.05, 3.63) is 23.8 Å². The summed E-state index contributed by atoms with van der Waals surface area (Å²) >= 11 is 0. The summed E-state index contributed by atoms with van der Waals surface area (Å²) < 4.78 is 0. The van der Waals surface area contributed by atoms with Crippen LogP contribution in [-0.2, 0) is 16.1 Å². The number of rotatable bonds is 2. The average Bonchev–Trinajstić information content (AvgIpc) is 2.50. The molecule has 0 aliphatic carbocycles. The molecule has 0 saturated carbocycles. The summed E-state index contributed by atoms with van der Waals surface area (Å²) in [6.45, 7) is 2.69. The number of hydrogen-bond donors (Lipinski definition) is 0. The number of Topliss-reactive ketones (excluding diaryl/α,β-unsaturated/α-hetero) is 1. The van der Waals surface area contributed by atoms with Crippen molar-refractivity contribution in [1.29, 1.82) is 0 Å². The summed E-state index contributed by atoms with van der Waals surface area (Å²) in [4.78, 5) is 32.0. The van der Waals surface area contributed by atoms with Gasteiger partial charge >= 0.3 is 0 Å². The van der Waals surface area contributed by atoms with Crippen molar-refractivity contribution in [2.24, 2.45) is 0 Å². The maximum absolute atomic E-state index is 11.3. The molecule has 0 bridgehead atoms. The van der Waals surface area contributed by atoms with Gasteiger partial charge in [-0.2, -0.15) is 0 Å². The Kier molecular flexibility index (Phi) is 2.45. The highest BCUT2D eigenvalue weighted by Crippen LogP contribution is 2.10. The second kappa shape index (κ2) is 3.76. The zero-order valence-electron chi connectivity index (χ0n) is 8.43. The van der Waals surface area contributed by atoms with Gasteiger partial charge in [-0.05, 0) is 13.0 Å². The van der Waals surface area contributed by atoms with E-state index in [4.69, 9.17) is 0 Å². The van der Waals surface area contributed by atoms with Crippen LogP contribution in [0.2, 0.25) is 0 Å². The molecule has 0 aromatic carbocycles. The van der Waals surface area contributed by atoms with Crippen LogP contribution in [0.15, 0.2) is 12.3 Å². The van der Waals surface area contributed by atoms with Crippen molar-refractivity contribution in [2.75, 3.05) is 6.54 Å². The lowest BCUT2D eigenvalue weighted by Gasteiger charge is -2.13. The Morgan fingerprint density at radius 1 is 1.47 bits per heavy atom. The van der Waals surface area contributed by atoms with Crippen LogP contribution in [0.1, 0.15) is 17.9 Å². The molecule has 1 aliphatic rings. The van der Waals surface area contributed by atoms with E-state index < -0.39 is 5.91 Å². The first-order valence-corrected chi connectivity index (χ1v) is 4.77. The summed E-state index contributed by atoms with van der Waals surface area (Å²) in [5.74, 6) is -0.0301. The highest BCUT2D eigenvalue weighted by molar-refractivity contribution is 6.37. The van der Waals surface area contributed by atoms with Crippen molar-refractivity contribution in [3.8, 4) is 0 Å². The van der Waals surface area contributed by atoms with Crippen molar-refractivity contribution in [3.63, 3.8) is 0 Å². The molecule has 0 atom stereocenters. The predicted molar refractivity (Wildman–Crippen MR) is 51.8 cm³/mol. The minimum absolute atomic E-state index is 0.305. The molecule has 2 rings (SSSR count). The van der Waals surface area contributed by atoms with Crippen LogP contribution in [0.3, 0.4) is 0 Å². The summed E-state index contributed by atoms with van der Waals surface area (Å²) in [6.07, 6.45) is 1.98. The van der Waals surface area contributed by atoms with E-state index in [2.05, 4.69) is 9.97 Å². The Bertz CT molecular complexity index is 417. The Hall–Kier alpha value is -1.78. The Morgan fingerprint density at radius 2 is 2.27 bits per heavy atom. The molecule has 2 heterocycles. The highest BCUT2D eigenvalue weighted by Gasteiger charge is 2.29. The van der Waals surface area contributed by atoms with E-state index in [0.717, 1.165) is 5.69 Å². The molecule has 1 aliphatic heterocycles. The van der Waals surface area contributed by atoms with E-state index in [1.165, 1.54) is 4.90 Å². The summed E-state index contributed by atoms with van der Waals surface area (Å²) in [7, 11) is 0. The predicted octanol–water partition coefficient (Wildman–Crippen LogP) is 0.0864. The normalized spacial score (nSPS) is 16.2. The second-order valence-corrected chi connectivity index (χ2v) is 3.50. The molecule has 5 nitrogen and oxygen atoms in total. The van der Waals surface area contributed by atoms with E-state index >= 15 is 0 Å². The van der Waals surface area contributed by atoms with Gasteiger partial charge in [-0.25, -0.2) is 9.97 Å². The number of aromatic nitrogens is 2. The van der Waals surface area contributed by atoms with Gasteiger partial charge in [-0.15, -0.1) is 0 Å². The fourth-order valence-electron chi connectivity index (χ4n) is 1.56. The average molecular weight is 205 g/mol. The van der Waals surface area contributed by atoms with Gasteiger partial charge in [0.05, 0.1) is 12.2 Å². The molecule has 5 heteroatoms. The molecule has 1 aromatic heterocycles. The van der Waals surface area contributed by atoms with Crippen LogP contribution < -0.4 is 0 Å². The molecule has 0 unspecified atom stereocenters. The third kappa shape index (κ3) is 2.01. The number of aryl methyl sites for hydroxylation is 1. The van der Waals surface area contributed by atoms with E-state index in [9.17, 15) is 9.59 Å². The van der Waals surface area contributed by atoms with Gasteiger partial charge in [0, 0.05) is 19.2 Å². The van der Waals surface area contributed by atoms with Gasteiger partial charge in [0.2, 0.25) is 5.78 Å². The SMILES string of the molecule is Cc1nccc(CN2CCC(=O)C2=O)n1. The number of likely N-dealkylation sites (tertiary alicyclic amines) is 1. The first-order chi connectivity index (χ1) is 7.16. The van der Waals surface area contributed by atoms with Crippen LogP contribution in [-0.4, -0.2) is 33.1 Å². The first kappa shape index (κ1) is 9.76. The molecule has 0 N–H and O–H groups in total. The van der Waals surface area contributed by atoms with E-state index in [1.54, 1.807) is 19.2 Å². The smallest absolute Gasteiger partial charge is 0.290 e. The van der Waals surface area contributed by atoms with Crippen LogP contribution in [0.5, 0.6) is 0 Å². The molecular weight excluding hydrogens is 194 g/mol. The largest absolute Gasteiger partial charge is 0.330 e. The van der Waals surface area contributed by atoms with Gasteiger partial charge in [0.25, 0.3) is 5.91 Å². The van der Waals surface area contributed by atoms with Crippen molar-refractivity contribution in [2.45, 2.75) is 19.9 Å². The van der Waals surface area contributed by atoms with Crippen LogP contribution in [0, 0.1) is 6.92 Å². The molecule has 15 heavy (non-hydrogen) atoms. The lowest BCUT2D eigenvalue weighted by Crippen LogP contribution is -2.27. The lowest BCUT2D eigenvalue weighted by atomic mass is 10.3. The fourth-order valence-corrected chi connectivity index (χ4v) is 1.56. The van der Waals surface area contributed by atoms with Gasteiger partial charge in [0.15, 0.2) is 0 Å². The van der Waals surface area contributed by atoms with Crippen LogP contribution >= 0.6 is 0 Å². The minimum atomic E-state index is -0.397. The number of carbonyl (C=O) groups excluding carboxylic acids is 2. The molecular formula is C10H11N3O2. The van der Waals surface area contributed by atoms with Crippen LogP contribution in [0.25, 0.3) is 0 Å². The van der Waals surface area contributed by atoms with Gasteiger partial charge in [-0.1, -0.05) is 0 Å². The topological polar surface area (TPSA) is 63.2 Å². The monoisotopic (exact) mass is 205 g/mol. The van der Waals surface area contributed by atoms with Gasteiger partial charge < -0.3 is 4.90 Å². The number of nitrogens with zero attached hydrogens (tertiary/aromatic N) is 3. The highest BCUT2D eigenvalue weighted by atomic mass is 16.2. The van der Waals surface area contributed by atoms with Gasteiger partial charge in [-0.3, -0.25) is 9.59 Å². The van der Waals surface area contributed by atoms with Crippen molar-refractivity contribution >= 4 is 11.7 Å². The van der Waals surface area contributed by atoms with Crippen LogP contribution in [0.4, 0.5) is 0 Å². The lowest BCUT2D eigenvalue weighted by molar-refractivity contribution is -0.140. The molecule has 0 radical (unpaired) electrons. The van der Waals surface area contributed by atoms with Crippen molar-refractivity contribution in [1.82, 2.24) is 14.9 Å². The standard InChI is InChI=1S/C10H11N3O2/c1-7-11-4-2-8(12-7)6-13-5-3-9(14)10(13)15/h2,4H,3,5-6H2,1H3. The number of hydrogen-bond acceptors (Lipinski definition) is 4. The Balaban J connectivity index is 2.10. The molecule has 0 spiro atoms. The molecule has 78 valence electrons. The number of amides is 1. The number of ketones is 1. The third-order valence-corrected chi connectivity index (χ3v) is 2.32. The molecule has 1 aromatic rings. The summed E-state index contributed by atoms with van der Waals surface area (Å²) in [5.41, 5.74) is 0.769. The van der Waals surface area contributed by atoms with E-state index in [-0.39, 0.29) is 5.78 Å². The zero-order valence-corrected chi connectivity index (χ0v) is 8.43. The minimum Gasteiger partial charge on any atom is -0.330 e.